The monoisotopic (exact) mass is 566 g/mol. The van der Waals surface area contributed by atoms with E-state index in [0.717, 1.165) is 0 Å². The van der Waals surface area contributed by atoms with Gasteiger partial charge in [-0.25, -0.2) is 9.59 Å². The third-order valence-electron chi connectivity index (χ3n) is 6.43. The lowest BCUT2D eigenvalue weighted by atomic mass is 10.0. The smallest absolute Gasteiger partial charge is 0.330 e. The van der Waals surface area contributed by atoms with Crippen molar-refractivity contribution < 1.29 is 38.2 Å². The molecule has 0 spiro atoms. The first-order chi connectivity index (χ1) is 18.8. The fraction of sp³-hybridized carbons (Fsp3) is 0.714. The summed E-state index contributed by atoms with van der Waals surface area (Å²) in [5.74, 6) is -3.06. The van der Waals surface area contributed by atoms with Gasteiger partial charge in [-0.1, -0.05) is 33.8 Å². The van der Waals surface area contributed by atoms with Crippen LogP contribution in [0.2, 0.25) is 0 Å². The lowest BCUT2D eigenvalue weighted by Gasteiger charge is -2.32. The van der Waals surface area contributed by atoms with Crippen molar-refractivity contribution in [3.8, 4) is 0 Å². The Kier molecular flexibility index (Phi) is 15.0. The largest absolute Gasteiger partial charge is 0.467 e. The van der Waals surface area contributed by atoms with Crippen molar-refractivity contribution in [1.82, 2.24) is 20.9 Å². The molecule has 1 heterocycles. The molecule has 0 aromatic rings. The molecule has 1 fully saturated rings. The lowest BCUT2D eigenvalue weighted by Crippen LogP contribution is -2.58. The van der Waals surface area contributed by atoms with E-state index in [1.807, 2.05) is 13.8 Å². The van der Waals surface area contributed by atoms with Gasteiger partial charge in [-0.3, -0.25) is 19.2 Å². The van der Waals surface area contributed by atoms with Crippen LogP contribution in [0.25, 0.3) is 0 Å². The zero-order chi connectivity index (χ0) is 30.4. The molecule has 0 saturated carbocycles. The minimum Gasteiger partial charge on any atom is -0.467 e. The number of carbonyl (C=O) groups excluding carboxylic acids is 6. The first-order valence-electron chi connectivity index (χ1n) is 13.9. The van der Waals surface area contributed by atoms with E-state index in [1.54, 1.807) is 26.8 Å². The van der Waals surface area contributed by atoms with Crippen LogP contribution in [0.3, 0.4) is 0 Å². The molecule has 1 saturated heterocycles. The van der Waals surface area contributed by atoms with E-state index in [4.69, 9.17) is 9.47 Å². The summed E-state index contributed by atoms with van der Waals surface area (Å²) in [6, 6.07) is -3.50. The van der Waals surface area contributed by atoms with Gasteiger partial charge in [0.1, 0.15) is 24.2 Å². The highest BCUT2D eigenvalue weighted by Crippen LogP contribution is 2.21. The van der Waals surface area contributed by atoms with E-state index in [2.05, 4.69) is 16.0 Å². The van der Waals surface area contributed by atoms with E-state index in [-0.39, 0.29) is 24.9 Å². The molecule has 3 N–H and O–H groups in total. The molecule has 1 rings (SSSR count). The fourth-order valence-electron chi connectivity index (χ4n) is 4.49. The second kappa shape index (κ2) is 17.3. The quantitative estimate of drug-likeness (QED) is 0.197. The third-order valence-corrected chi connectivity index (χ3v) is 6.43. The van der Waals surface area contributed by atoms with Gasteiger partial charge in [-0.05, 0) is 50.9 Å². The molecule has 0 radical (unpaired) electrons. The molecule has 0 bridgehead atoms. The molecule has 0 aromatic heterocycles. The van der Waals surface area contributed by atoms with Crippen molar-refractivity contribution >= 4 is 35.6 Å². The van der Waals surface area contributed by atoms with E-state index in [9.17, 15) is 28.8 Å². The van der Waals surface area contributed by atoms with Crippen LogP contribution in [-0.4, -0.2) is 84.9 Å². The number of amides is 4. The minimum atomic E-state index is -0.945. The minimum absolute atomic E-state index is 0.128. The summed E-state index contributed by atoms with van der Waals surface area (Å²) in [4.78, 5) is 76.9. The zero-order valence-corrected chi connectivity index (χ0v) is 24.8. The Bertz CT molecular complexity index is 933. The maximum Gasteiger partial charge on any atom is 0.330 e. The maximum absolute atomic E-state index is 13.6. The Morgan fingerprint density at radius 3 is 2.23 bits per heavy atom. The zero-order valence-electron chi connectivity index (χ0n) is 24.8. The number of nitrogens with one attached hydrogen (secondary N) is 3. The van der Waals surface area contributed by atoms with Crippen molar-refractivity contribution in [3.05, 3.63) is 12.2 Å². The van der Waals surface area contributed by atoms with Gasteiger partial charge in [-0.2, -0.15) is 0 Å². The predicted octanol–water partition coefficient (Wildman–Crippen LogP) is 1.23. The Morgan fingerprint density at radius 2 is 1.68 bits per heavy atom. The molecular formula is C28H46N4O8. The first-order valence-corrected chi connectivity index (χ1v) is 13.9. The number of methoxy groups -OCH3 is 1. The Balaban J connectivity index is 2.99. The van der Waals surface area contributed by atoms with Crippen LogP contribution in [0.5, 0.6) is 0 Å². The van der Waals surface area contributed by atoms with Gasteiger partial charge in [0.05, 0.1) is 13.7 Å². The highest BCUT2D eigenvalue weighted by molar-refractivity contribution is 5.95. The molecule has 12 heteroatoms. The number of likely N-dealkylation sites (tertiary alicyclic amines) is 1. The molecule has 40 heavy (non-hydrogen) atoms. The highest BCUT2D eigenvalue weighted by atomic mass is 16.5. The standard InChI is InChI=1S/C28H46N4O8/c1-8-40-23(34)14-10-9-12-20(29-19(6)33)25(35)31-24(18(4)5)27(37)32-15-11-13-22(32)26(36)30-21(16-17(2)3)28(38)39-7/h10,14,17-18,20-22,24H,8-9,11-13,15-16H2,1-7H3,(H,29,33)(H,30,36)(H,31,35)/b14-10+/t20-,21-,22-,24-/m0/s1. The Morgan fingerprint density at radius 1 is 1.00 bits per heavy atom. The number of carbonyl (C=O) groups is 6. The average molecular weight is 567 g/mol. The van der Waals surface area contributed by atoms with Crippen molar-refractivity contribution in [2.45, 2.75) is 97.8 Å². The summed E-state index contributed by atoms with van der Waals surface area (Å²) in [6.45, 7) is 11.0. The molecule has 4 amide bonds. The second-order valence-electron chi connectivity index (χ2n) is 10.6. The number of rotatable bonds is 15. The van der Waals surface area contributed by atoms with E-state index in [0.29, 0.717) is 32.2 Å². The van der Waals surface area contributed by atoms with Crippen LogP contribution in [0.1, 0.15) is 73.6 Å². The number of hydrogen-bond acceptors (Lipinski definition) is 8. The van der Waals surface area contributed by atoms with Gasteiger partial charge >= 0.3 is 11.9 Å². The van der Waals surface area contributed by atoms with Crippen LogP contribution in [0.4, 0.5) is 0 Å². The van der Waals surface area contributed by atoms with Gasteiger partial charge in [0.25, 0.3) is 0 Å². The van der Waals surface area contributed by atoms with Gasteiger partial charge < -0.3 is 30.3 Å². The van der Waals surface area contributed by atoms with Gasteiger partial charge in [0.2, 0.25) is 23.6 Å². The van der Waals surface area contributed by atoms with Gasteiger partial charge in [-0.15, -0.1) is 0 Å². The molecule has 4 atom stereocenters. The number of nitrogens with zero attached hydrogens (tertiary/aromatic N) is 1. The number of ether oxygens (including phenoxy) is 2. The highest BCUT2D eigenvalue weighted by Gasteiger charge is 2.40. The Hall–Kier alpha value is -3.44. The molecular weight excluding hydrogens is 520 g/mol. The fourth-order valence-corrected chi connectivity index (χ4v) is 4.49. The van der Waals surface area contributed by atoms with Crippen molar-refractivity contribution in [2.24, 2.45) is 11.8 Å². The van der Waals surface area contributed by atoms with Gasteiger partial charge in [0.15, 0.2) is 0 Å². The average Bonchev–Trinajstić information content (AvgIpc) is 3.37. The van der Waals surface area contributed by atoms with Crippen LogP contribution >= 0.6 is 0 Å². The maximum atomic E-state index is 13.6. The van der Waals surface area contributed by atoms with E-state index in [1.165, 1.54) is 25.0 Å². The predicted molar refractivity (Wildman–Crippen MR) is 148 cm³/mol. The van der Waals surface area contributed by atoms with Crippen LogP contribution in [-0.2, 0) is 38.2 Å². The second-order valence-corrected chi connectivity index (χ2v) is 10.6. The molecule has 1 aliphatic rings. The van der Waals surface area contributed by atoms with E-state index < -0.39 is 59.7 Å². The third kappa shape index (κ3) is 11.4. The van der Waals surface area contributed by atoms with Crippen molar-refractivity contribution in [3.63, 3.8) is 0 Å². The first kappa shape index (κ1) is 34.6. The lowest BCUT2D eigenvalue weighted by molar-refractivity contribution is -0.147. The summed E-state index contributed by atoms with van der Waals surface area (Å²) < 4.78 is 9.66. The van der Waals surface area contributed by atoms with Gasteiger partial charge in [0, 0.05) is 19.5 Å². The van der Waals surface area contributed by atoms with Crippen LogP contribution in [0, 0.1) is 11.8 Å². The topological polar surface area (TPSA) is 160 Å². The molecule has 0 aliphatic carbocycles. The molecule has 0 aromatic carbocycles. The normalized spacial score (nSPS) is 17.3. The van der Waals surface area contributed by atoms with Crippen molar-refractivity contribution in [1.29, 1.82) is 0 Å². The molecule has 12 nitrogen and oxygen atoms in total. The summed E-state index contributed by atoms with van der Waals surface area (Å²) >= 11 is 0. The van der Waals surface area contributed by atoms with Crippen LogP contribution < -0.4 is 16.0 Å². The molecule has 1 aliphatic heterocycles. The van der Waals surface area contributed by atoms with Crippen LogP contribution in [0.15, 0.2) is 12.2 Å². The SMILES string of the molecule is CCOC(=O)/C=C/CC[C@H](NC(C)=O)C(=O)N[C@H](C(=O)N1CCC[C@H]1C(=O)N[C@@H](CC(C)C)C(=O)OC)C(C)C. The number of esters is 2. The summed E-state index contributed by atoms with van der Waals surface area (Å²) in [5, 5.41) is 8.09. The summed E-state index contributed by atoms with van der Waals surface area (Å²) in [5.41, 5.74) is 0. The molecule has 226 valence electrons. The number of hydrogen-bond donors (Lipinski definition) is 3. The Labute approximate surface area is 237 Å². The van der Waals surface area contributed by atoms with Crippen molar-refractivity contribution in [2.75, 3.05) is 20.3 Å². The number of allylic oxidation sites excluding steroid dienone is 1. The molecule has 0 unspecified atom stereocenters. The van der Waals surface area contributed by atoms with E-state index >= 15 is 0 Å². The summed E-state index contributed by atoms with van der Waals surface area (Å²) in [6.07, 6.45) is 4.73. The summed E-state index contributed by atoms with van der Waals surface area (Å²) in [7, 11) is 1.26.